The zero-order chi connectivity index (χ0) is 16.5. The molecule has 0 heterocycles. The van der Waals surface area contributed by atoms with Crippen molar-refractivity contribution >= 4 is 23.2 Å². The maximum atomic E-state index is 11.9. The van der Waals surface area contributed by atoms with E-state index < -0.39 is 11.8 Å². The van der Waals surface area contributed by atoms with E-state index in [1.54, 1.807) is 6.07 Å². The highest BCUT2D eigenvalue weighted by Crippen LogP contribution is 2.16. The summed E-state index contributed by atoms with van der Waals surface area (Å²) in [4.78, 5) is 27.7. The SMILES string of the molecule is CCN(CC)CCNC(=O)C(=O)Nc1cccc(N(C)C)c1. The number of carbonyl (C=O) groups excluding carboxylic acids is 2. The number of nitrogens with one attached hydrogen (secondary N) is 2. The van der Waals surface area contributed by atoms with Crippen molar-refractivity contribution in [2.75, 3.05) is 50.5 Å². The monoisotopic (exact) mass is 306 g/mol. The summed E-state index contributed by atoms with van der Waals surface area (Å²) in [6.07, 6.45) is 0. The summed E-state index contributed by atoms with van der Waals surface area (Å²) in [5.74, 6) is -1.25. The van der Waals surface area contributed by atoms with Gasteiger partial charge in [-0.1, -0.05) is 19.9 Å². The van der Waals surface area contributed by atoms with Crippen molar-refractivity contribution in [2.24, 2.45) is 0 Å². The first-order valence-electron chi connectivity index (χ1n) is 7.56. The lowest BCUT2D eigenvalue weighted by Crippen LogP contribution is -2.40. The molecule has 2 amide bonds. The van der Waals surface area contributed by atoms with Crippen LogP contribution in [0.1, 0.15) is 13.8 Å². The summed E-state index contributed by atoms with van der Waals surface area (Å²) < 4.78 is 0. The zero-order valence-electron chi connectivity index (χ0n) is 13.8. The minimum atomic E-state index is -0.643. The molecule has 1 aromatic carbocycles. The molecule has 0 aliphatic rings. The molecule has 0 aliphatic heterocycles. The van der Waals surface area contributed by atoms with Crippen LogP contribution in [0.4, 0.5) is 11.4 Å². The molecule has 2 N–H and O–H groups in total. The Morgan fingerprint density at radius 2 is 1.77 bits per heavy atom. The number of carbonyl (C=O) groups is 2. The van der Waals surface area contributed by atoms with Gasteiger partial charge >= 0.3 is 11.8 Å². The van der Waals surface area contributed by atoms with Gasteiger partial charge in [-0.3, -0.25) is 9.59 Å². The van der Waals surface area contributed by atoms with Crippen LogP contribution in [0.15, 0.2) is 24.3 Å². The van der Waals surface area contributed by atoms with Crippen LogP contribution in [0, 0.1) is 0 Å². The highest BCUT2D eigenvalue weighted by Gasteiger charge is 2.13. The molecule has 0 atom stereocenters. The first-order chi connectivity index (χ1) is 10.5. The molecular formula is C16H26N4O2. The van der Waals surface area contributed by atoms with Crippen LogP contribution in [0.5, 0.6) is 0 Å². The Balaban J connectivity index is 2.47. The van der Waals surface area contributed by atoms with Crippen LogP contribution in [-0.2, 0) is 9.59 Å². The molecule has 0 bridgehead atoms. The average molecular weight is 306 g/mol. The molecule has 0 spiro atoms. The maximum absolute atomic E-state index is 11.9. The Morgan fingerprint density at radius 1 is 1.09 bits per heavy atom. The van der Waals surface area contributed by atoms with Gasteiger partial charge in [-0.05, 0) is 31.3 Å². The number of anilines is 2. The van der Waals surface area contributed by atoms with E-state index in [0.29, 0.717) is 12.2 Å². The fraction of sp³-hybridized carbons (Fsp3) is 0.500. The van der Waals surface area contributed by atoms with Gasteiger partial charge in [0.25, 0.3) is 0 Å². The highest BCUT2D eigenvalue weighted by molar-refractivity contribution is 6.39. The molecule has 6 heteroatoms. The second-order valence-corrected chi connectivity index (χ2v) is 5.18. The van der Waals surface area contributed by atoms with E-state index in [0.717, 1.165) is 25.3 Å². The number of hydrogen-bond acceptors (Lipinski definition) is 4. The molecule has 0 unspecified atom stereocenters. The maximum Gasteiger partial charge on any atom is 0.313 e. The molecule has 122 valence electrons. The van der Waals surface area contributed by atoms with Crippen LogP contribution in [0.25, 0.3) is 0 Å². The first-order valence-corrected chi connectivity index (χ1v) is 7.56. The lowest BCUT2D eigenvalue weighted by atomic mass is 10.2. The molecular weight excluding hydrogens is 280 g/mol. The minimum absolute atomic E-state index is 0.464. The summed E-state index contributed by atoms with van der Waals surface area (Å²) in [5.41, 5.74) is 1.56. The zero-order valence-corrected chi connectivity index (χ0v) is 13.8. The van der Waals surface area contributed by atoms with Gasteiger partial charge in [0.15, 0.2) is 0 Å². The number of amides is 2. The third-order valence-corrected chi connectivity index (χ3v) is 3.43. The minimum Gasteiger partial charge on any atom is -0.378 e. The van der Waals surface area contributed by atoms with Crippen LogP contribution >= 0.6 is 0 Å². The first kappa shape index (κ1) is 18.0. The van der Waals surface area contributed by atoms with Crippen molar-refractivity contribution in [1.29, 1.82) is 0 Å². The number of nitrogens with zero attached hydrogens (tertiary/aromatic N) is 2. The third kappa shape index (κ3) is 5.73. The summed E-state index contributed by atoms with van der Waals surface area (Å²) in [7, 11) is 3.84. The second kappa shape index (κ2) is 9.04. The number of hydrogen-bond donors (Lipinski definition) is 2. The third-order valence-electron chi connectivity index (χ3n) is 3.43. The molecule has 0 saturated heterocycles. The summed E-state index contributed by atoms with van der Waals surface area (Å²) in [5, 5.41) is 5.25. The van der Waals surface area contributed by atoms with Crippen molar-refractivity contribution in [1.82, 2.24) is 10.2 Å². The molecule has 0 aliphatic carbocycles. The molecule has 1 aromatic rings. The van der Waals surface area contributed by atoms with E-state index in [9.17, 15) is 9.59 Å². The molecule has 6 nitrogen and oxygen atoms in total. The topological polar surface area (TPSA) is 64.7 Å². The van der Waals surface area contributed by atoms with Crippen molar-refractivity contribution < 1.29 is 9.59 Å². The smallest absolute Gasteiger partial charge is 0.313 e. The van der Waals surface area contributed by atoms with Gasteiger partial charge in [-0.15, -0.1) is 0 Å². The predicted octanol–water partition coefficient (Wildman–Crippen LogP) is 1.15. The normalized spacial score (nSPS) is 10.4. The summed E-state index contributed by atoms with van der Waals surface area (Å²) in [6.45, 7) is 7.19. The van der Waals surface area contributed by atoms with Crippen molar-refractivity contribution in [3.8, 4) is 0 Å². The van der Waals surface area contributed by atoms with Gasteiger partial charge in [0.2, 0.25) is 0 Å². The Bertz CT molecular complexity index is 499. The van der Waals surface area contributed by atoms with Gasteiger partial charge in [-0.2, -0.15) is 0 Å². The second-order valence-electron chi connectivity index (χ2n) is 5.18. The molecule has 22 heavy (non-hydrogen) atoms. The van der Waals surface area contributed by atoms with Crippen molar-refractivity contribution in [2.45, 2.75) is 13.8 Å². The van der Waals surface area contributed by atoms with Gasteiger partial charge in [-0.25, -0.2) is 0 Å². The number of benzene rings is 1. The number of likely N-dealkylation sites (N-methyl/N-ethyl adjacent to an activating group) is 1. The van der Waals surface area contributed by atoms with Crippen molar-refractivity contribution in [3.05, 3.63) is 24.3 Å². The Labute approximate surface area is 132 Å². The highest BCUT2D eigenvalue weighted by atomic mass is 16.2. The van der Waals surface area contributed by atoms with Crippen LogP contribution < -0.4 is 15.5 Å². The largest absolute Gasteiger partial charge is 0.378 e. The molecule has 0 aromatic heterocycles. The average Bonchev–Trinajstić information content (AvgIpc) is 2.51. The van der Waals surface area contributed by atoms with E-state index in [4.69, 9.17) is 0 Å². The van der Waals surface area contributed by atoms with E-state index >= 15 is 0 Å². The van der Waals surface area contributed by atoms with Gasteiger partial charge in [0, 0.05) is 38.6 Å². The summed E-state index contributed by atoms with van der Waals surface area (Å²) in [6, 6.07) is 7.35. The van der Waals surface area contributed by atoms with Crippen LogP contribution in [-0.4, -0.2) is 57.0 Å². The Morgan fingerprint density at radius 3 is 2.36 bits per heavy atom. The Kier molecular flexibility index (Phi) is 7.39. The molecule has 0 fully saturated rings. The Hall–Kier alpha value is -2.08. The van der Waals surface area contributed by atoms with Crippen LogP contribution in [0.3, 0.4) is 0 Å². The lowest BCUT2D eigenvalue weighted by Gasteiger charge is -2.18. The standard InChI is InChI=1S/C16H26N4O2/c1-5-20(6-2)11-10-17-15(21)16(22)18-13-8-7-9-14(12-13)19(3)4/h7-9,12H,5-6,10-11H2,1-4H3,(H,17,21)(H,18,22). The summed E-state index contributed by atoms with van der Waals surface area (Å²) >= 11 is 0. The van der Waals surface area contributed by atoms with E-state index in [1.807, 2.05) is 37.2 Å². The fourth-order valence-electron chi connectivity index (χ4n) is 2.00. The van der Waals surface area contributed by atoms with E-state index in [-0.39, 0.29) is 0 Å². The molecule has 1 rings (SSSR count). The number of rotatable bonds is 7. The quantitative estimate of drug-likeness (QED) is 0.742. The van der Waals surface area contributed by atoms with Gasteiger partial charge in [0.1, 0.15) is 0 Å². The van der Waals surface area contributed by atoms with Crippen molar-refractivity contribution in [3.63, 3.8) is 0 Å². The predicted molar refractivity (Wildman–Crippen MR) is 90.2 cm³/mol. The van der Waals surface area contributed by atoms with E-state index in [2.05, 4.69) is 29.4 Å². The van der Waals surface area contributed by atoms with E-state index in [1.165, 1.54) is 0 Å². The van der Waals surface area contributed by atoms with Gasteiger partial charge < -0.3 is 20.4 Å². The van der Waals surface area contributed by atoms with Gasteiger partial charge in [0.05, 0.1) is 0 Å². The fourth-order valence-corrected chi connectivity index (χ4v) is 2.00. The lowest BCUT2D eigenvalue weighted by molar-refractivity contribution is -0.136. The molecule has 0 saturated carbocycles. The molecule has 0 radical (unpaired) electrons. The van der Waals surface area contributed by atoms with Crippen LogP contribution in [0.2, 0.25) is 0 Å².